The first-order valence-corrected chi connectivity index (χ1v) is 14.9. The molecule has 2 aromatic carbocycles. The van der Waals surface area contributed by atoms with Crippen LogP contribution in [0, 0.1) is 11.8 Å². The Balaban J connectivity index is 1.12. The first-order valence-electron chi connectivity index (χ1n) is 14.9. The Morgan fingerprint density at radius 2 is 1.00 bits per heavy atom. The molecule has 2 amide bonds. The van der Waals surface area contributed by atoms with Crippen LogP contribution in [0.4, 0.5) is 0 Å². The summed E-state index contributed by atoms with van der Waals surface area (Å²) in [7, 11) is 0. The summed E-state index contributed by atoms with van der Waals surface area (Å²) in [6.45, 7) is 5.19. The molecule has 2 N–H and O–H groups in total. The second-order valence-electron chi connectivity index (χ2n) is 11.4. The first kappa shape index (κ1) is 29.7. The summed E-state index contributed by atoms with van der Waals surface area (Å²) in [6.07, 6.45) is 6.49. The average molecular weight is 577 g/mol. The molecule has 2 saturated carbocycles. The van der Waals surface area contributed by atoms with Gasteiger partial charge < -0.3 is 18.9 Å². The predicted octanol–water partition coefficient (Wildman–Crippen LogP) is 5.44. The second kappa shape index (κ2) is 14.4. The Kier molecular flexibility index (Phi) is 10.2. The van der Waals surface area contributed by atoms with Crippen LogP contribution in [-0.2, 0) is 9.47 Å². The molecule has 224 valence electrons. The van der Waals surface area contributed by atoms with Crippen molar-refractivity contribution in [1.29, 1.82) is 0 Å². The van der Waals surface area contributed by atoms with Crippen LogP contribution < -0.4 is 20.3 Å². The number of nitrogens with zero attached hydrogens (tertiary/aromatic N) is 2. The van der Waals surface area contributed by atoms with Crippen molar-refractivity contribution < 1.29 is 28.5 Å². The summed E-state index contributed by atoms with van der Waals surface area (Å²) in [5.74, 6) is 1.91. The van der Waals surface area contributed by atoms with Crippen molar-refractivity contribution in [3.63, 3.8) is 0 Å². The molecule has 42 heavy (non-hydrogen) atoms. The number of hydrogen-bond donors (Lipinski definition) is 2. The molecule has 3 aliphatic rings. The Hall–Kier alpha value is -3.76. The van der Waals surface area contributed by atoms with Gasteiger partial charge in [0.25, 0.3) is 24.4 Å². The van der Waals surface area contributed by atoms with E-state index in [1.54, 1.807) is 48.5 Å². The summed E-state index contributed by atoms with van der Waals surface area (Å²) in [4.78, 5) is 25.1. The Bertz CT molecular complexity index is 1160. The van der Waals surface area contributed by atoms with E-state index in [1.165, 1.54) is 0 Å². The molecule has 1 heterocycles. The van der Waals surface area contributed by atoms with Gasteiger partial charge in [0.2, 0.25) is 0 Å². The molecular weight excluding hydrogens is 536 g/mol. The highest BCUT2D eigenvalue weighted by molar-refractivity contribution is 5.96. The minimum absolute atomic E-state index is 0.265. The lowest BCUT2D eigenvalue weighted by molar-refractivity contribution is -0.271. The molecule has 2 aliphatic carbocycles. The van der Waals surface area contributed by atoms with Gasteiger partial charge >= 0.3 is 0 Å². The number of hydrazone groups is 2. The standard InChI is InChI=1S/C32H40N4O6/c1-21-3-11-25(12-4-21)33-35-29(37)23-7-15-27(16-8-23)41-31-32(40-20-19-39-31)42-28-17-9-24(10-18-28)30(38)36-34-26-13-5-22(2)6-14-26/h7-10,15-18,21-22,31-32H,3-6,11-14,19-20H2,1-2H3,(H,35,37)(H,36,38)/t21?,22?,31-,32+. The lowest BCUT2D eigenvalue weighted by Crippen LogP contribution is -2.45. The molecule has 10 heteroatoms. The molecule has 0 spiro atoms. The highest BCUT2D eigenvalue weighted by Crippen LogP contribution is 2.24. The van der Waals surface area contributed by atoms with Crippen molar-refractivity contribution in [2.45, 2.75) is 77.8 Å². The summed E-state index contributed by atoms with van der Waals surface area (Å²) in [5.41, 5.74) is 8.37. The van der Waals surface area contributed by atoms with E-state index in [0.29, 0.717) is 47.7 Å². The van der Waals surface area contributed by atoms with Crippen molar-refractivity contribution in [2.75, 3.05) is 13.2 Å². The topological polar surface area (TPSA) is 120 Å². The average Bonchev–Trinajstić information content (AvgIpc) is 3.02. The van der Waals surface area contributed by atoms with Crippen LogP contribution in [0.3, 0.4) is 0 Å². The lowest BCUT2D eigenvalue weighted by atomic mass is 9.90. The van der Waals surface area contributed by atoms with Gasteiger partial charge in [0, 0.05) is 22.6 Å². The zero-order valence-electron chi connectivity index (χ0n) is 24.3. The number of nitrogens with one attached hydrogen (secondary N) is 2. The third-order valence-electron chi connectivity index (χ3n) is 7.94. The van der Waals surface area contributed by atoms with Crippen molar-refractivity contribution in [1.82, 2.24) is 10.9 Å². The van der Waals surface area contributed by atoms with E-state index in [2.05, 4.69) is 34.9 Å². The Morgan fingerprint density at radius 3 is 1.36 bits per heavy atom. The zero-order chi connectivity index (χ0) is 29.3. The van der Waals surface area contributed by atoms with Crippen LogP contribution in [0.2, 0.25) is 0 Å². The monoisotopic (exact) mass is 576 g/mol. The molecule has 1 saturated heterocycles. The van der Waals surface area contributed by atoms with Crippen LogP contribution in [0.5, 0.6) is 11.5 Å². The van der Waals surface area contributed by atoms with Gasteiger partial charge in [0.05, 0.1) is 13.2 Å². The second-order valence-corrected chi connectivity index (χ2v) is 11.4. The SMILES string of the molecule is CC1CCC(=NNC(=O)c2ccc(O[C@H]3OCCO[C@H]3Oc3ccc(C(=O)NN=C4CCC(C)CC4)cc3)cc2)CC1. The molecule has 3 fully saturated rings. The van der Waals surface area contributed by atoms with Gasteiger partial charge in [-0.15, -0.1) is 0 Å². The summed E-state index contributed by atoms with van der Waals surface area (Å²) in [6, 6.07) is 13.5. The fourth-order valence-electron chi connectivity index (χ4n) is 5.11. The number of ether oxygens (including phenoxy) is 4. The fraction of sp³-hybridized carbons (Fsp3) is 0.500. The van der Waals surface area contributed by atoms with Crippen LogP contribution in [0.15, 0.2) is 58.7 Å². The maximum Gasteiger partial charge on any atom is 0.271 e. The number of carbonyl (C=O) groups excluding carboxylic acids is 2. The van der Waals surface area contributed by atoms with Gasteiger partial charge in [0.15, 0.2) is 0 Å². The molecule has 0 unspecified atom stereocenters. The summed E-state index contributed by atoms with van der Waals surface area (Å²) >= 11 is 0. The van der Waals surface area contributed by atoms with E-state index in [4.69, 9.17) is 18.9 Å². The Morgan fingerprint density at radius 1 is 0.643 bits per heavy atom. The fourth-order valence-corrected chi connectivity index (χ4v) is 5.11. The van der Waals surface area contributed by atoms with Gasteiger partial charge in [-0.1, -0.05) is 13.8 Å². The van der Waals surface area contributed by atoms with Gasteiger partial charge in [-0.3, -0.25) is 9.59 Å². The van der Waals surface area contributed by atoms with Gasteiger partial charge in [-0.2, -0.15) is 10.2 Å². The summed E-state index contributed by atoms with van der Waals surface area (Å²) in [5, 5.41) is 8.62. The highest BCUT2D eigenvalue weighted by Gasteiger charge is 2.31. The van der Waals surface area contributed by atoms with E-state index in [1.807, 2.05) is 0 Å². The van der Waals surface area contributed by atoms with Gasteiger partial charge in [-0.25, -0.2) is 10.9 Å². The molecule has 5 rings (SSSR count). The summed E-state index contributed by atoms with van der Waals surface area (Å²) < 4.78 is 23.5. The number of amides is 2. The normalized spacial score (nSPS) is 24.3. The van der Waals surface area contributed by atoms with Crippen molar-refractivity contribution >= 4 is 23.2 Å². The van der Waals surface area contributed by atoms with Crippen molar-refractivity contribution in [3.8, 4) is 11.5 Å². The van der Waals surface area contributed by atoms with Crippen LogP contribution >= 0.6 is 0 Å². The molecule has 0 bridgehead atoms. The third-order valence-corrected chi connectivity index (χ3v) is 7.94. The maximum absolute atomic E-state index is 12.5. The quantitative estimate of drug-likeness (QED) is 0.404. The van der Waals surface area contributed by atoms with Gasteiger partial charge in [0.1, 0.15) is 11.5 Å². The number of benzene rings is 2. The molecule has 0 aromatic heterocycles. The lowest BCUT2D eigenvalue weighted by Gasteiger charge is -2.31. The van der Waals surface area contributed by atoms with E-state index in [-0.39, 0.29) is 11.8 Å². The molecule has 2 aromatic rings. The smallest absolute Gasteiger partial charge is 0.271 e. The van der Waals surface area contributed by atoms with Crippen LogP contribution in [0.25, 0.3) is 0 Å². The Labute approximate surface area is 246 Å². The van der Waals surface area contributed by atoms with Crippen LogP contribution in [-0.4, -0.2) is 49.0 Å². The van der Waals surface area contributed by atoms with Crippen molar-refractivity contribution in [2.24, 2.45) is 22.0 Å². The van der Waals surface area contributed by atoms with Crippen molar-refractivity contribution in [3.05, 3.63) is 59.7 Å². The molecule has 0 radical (unpaired) electrons. The maximum atomic E-state index is 12.5. The van der Waals surface area contributed by atoms with Crippen LogP contribution in [0.1, 0.15) is 85.9 Å². The minimum Gasteiger partial charge on any atom is -0.458 e. The molecule has 10 nitrogen and oxygen atoms in total. The zero-order valence-corrected chi connectivity index (χ0v) is 24.3. The number of hydrogen-bond acceptors (Lipinski definition) is 8. The highest BCUT2D eigenvalue weighted by atomic mass is 16.8. The van der Waals surface area contributed by atoms with E-state index >= 15 is 0 Å². The minimum atomic E-state index is -0.824. The van der Waals surface area contributed by atoms with E-state index in [0.717, 1.165) is 62.8 Å². The number of carbonyl (C=O) groups is 2. The first-order chi connectivity index (χ1) is 20.4. The largest absolute Gasteiger partial charge is 0.458 e. The number of rotatable bonds is 8. The molecule has 1 aliphatic heterocycles. The molecule has 2 atom stereocenters. The van der Waals surface area contributed by atoms with E-state index < -0.39 is 12.6 Å². The predicted molar refractivity (Wildman–Crippen MR) is 159 cm³/mol. The third kappa shape index (κ3) is 8.39. The van der Waals surface area contributed by atoms with E-state index in [9.17, 15) is 9.59 Å². The molecular formula is C32H40N4O6. The van der Waals surface area contributed by atoms with Gasteiger partial charge in [-0.05, 0) is 112 Å².